The summed E-state index contributed by atoms with van der Waals surface area (Å²) in [6.45, 7) is 3.66. The molecule has 1 unspecified atom stereocenters. The molecule has 4 nitrogen and oxygen atoms in total. The summed E-state index contributed by atoms with van der Waals surface area (Å²) < 4.78 is 27.3. The van der Waals surface area contributed by atoms with E-state index in [4.69, 9.17) is 5.73 Å². The first-order valence-corrected chi connectivity index (χ1v) is 9.37. The fourth-order valence-corrected chi connectivity index (χ4v) is 4.54. The van der Waals surface area contributed by atoms with Crippen LogP contribution >= 0.6 is 27.7 Å². The van der Waals surface area contributed by atoms with Crippen LogP contribution in [0.3, 0.4) is 0 Å². The number of nitrogens with two attached hydrogens (primary N) is 1. The lowest BCUT2D eigenvalue weighted by Gasteiger charge is -2.24. The van der Waals surface area contributed by atoms with E-state index >= 15 is 0 Å². The van der Waals surface area contributed by atoms with E-state index in [-0.39, 0.29) is 10.9 Å². The molecule has 1 atom stereocenters. The fourth-order valence-electron chi connectivity index (χ4n) is 1.68. The Morgan fingerprint density at radius 2 is 2.05 bits per heavy atom. The van der Waals surface area contributed by atoms with Gasteiger partial charge in [-0.2, -0.15) is 16.1 Å². The van der Waals surface area contributed by atoms with Crippen molar-refractivity contribution in [2.24, 2.45) is 0 Å². The Kier molecular flexibility index (Phi) is 5.73. The van der Waals surface area contributed by atoms with Gasteiger partial charge in [0.1, 0.15) is 0 Å². The maximum absolute atomic E-state index is 12.6. The van der Waals surface area contributed by atoms with E-state index in [9.17, 15) is 8.42 Å². The average Bonchev–Trinajstić information content (AvgIpc) is 2.32. The van der Waals surface area contributed by atoms with E-state index in [1.165, 1.54) is 10.4 Å². The number of halogens is 1. The Balaban J connectivity index is 3.24. The second kappa shape index (κ2) is 6.47. The van der Waals surface area contributed by atoms with Crippen molar-refractivity contribution in [2.75, 3.05) is 24.8 Å². The largest absolute Gasteiger partial charge is 0.398 e. The molecule has 1 rings (SSSR count). The Morgan fingerprint density at radius 3 is 2.58 bits per heavy atom. The molecule has 0 heterocycles. The van der Waals surface area contributed by atoms with Gasteiger partial charge < -0.3 is 5.73 Å². The van der Waals surface area contributed by atoms with Gasteiger partial charge in [0.05, 0.1) is 4.90 Å². The highest BCUT2D eigenvalue weighted by atomic mass is 79.9. The summed E-state index contributed by atoms with van der Waals surface area (Å²) in [5.74, 6) is 0.751. The average molecular weight is 367 g/mol. The predicted octanol–water partition coefficient (Wildman–Crippen LogP) is 2.71. The van der Waals surface area contributed by atoms with Crippen LogP contribution in [0.1, 0.15) is 12.5 Å². The van der Waals surface area contributed by atoms with Crippen molar-refractivity contribution < 1.29 is 8.42 Å². The molecule has 0 bridgehead atoms. The van der Waals surface area contributed by atoms with Gasteiger partial charge in [-0.1, -0.05) is 0 Å². The van der Waals surface area contributed by atoms with Crippen LogP contribution in [0.4, 0.5) is 5.69 Å². The first-order valence-electron chi connectivity index (χ1n) is 5.74. The van der Waals surface area contributed by atoms with Gasteiger partial charge in [-0.25, -0.2) is 8.42 Å². The number of nitrogens with zero attached hydrogens (tertiary/aromatic N) is 1. The van der Waals surface area contributed by atoms with Crippen LogP contribution in [0.2, 0.25) is 0 Å². The number of nitrogen functional groups attached to an aromatic ring is 1. The van der Waals surface area contributed by atoms with Crippen LogP contribution in [0.25, 0.3) is 0 Å². The first-order chi connectivity index (χ1) is 8.71. The van der Waals surface area contributed by atoms with Crippen LogP contribution in [-0.4, -0.2) is 37.8 Å². The lowest BCUT2D eigenvalue weighted by Crippen LogP contribution is -2.36. The molecule has 0 saturated carbocycles. The summed E-state index contributed by atoms with van der Waals surface area (Å²) in [7, 11) is -1.91. The lowest BCUT2D eigenvalue weighted by molar-refractivity contribution is 0.415. The van der Waals surface area contributed by atoms with Crippen molar-refractivity contribution in [1.82, 2.24) is 4.31 Å². The van der Waals surface area contributed by atoms with Crippen LogP contribution in [0, 0.1) is 6.92 Å². The molecular formula is C12H19BrN2O2S2. The lowest BCUT2D eigenvalue weighted by atomic mass is 10.2. The van der Waals surface area contributed by atoms with Crippen LogP contribution < -0.4 is 5.73 Å². The van der Waals surface area contributed by atoms with Crippen molar-refractivity contribution in [3.63, 3.8) is 0 Å². The van der Waals surface area contributed by atoms with Crippen LogP contribution in [-0.2, 0) is 10.0 Å². The number of thioether (sulfide) groups is 1. The van der Waals surface area contributed by atoms with Crippen molar-refractivity contribution >= 4 is 43.4 Å². The highest BCUT2D eigenvalue weighted by Crippen LogP contribution is 2.29. The van der Waals surface area contributed by atoms with Crippen molar-refractivity contribution in [2.45, 2.75) is 24.8 Å². The third-order valence-corrected chi connectivity index (χ3v) is 6.60. The number of benzene rings is 1. The summed E-state index contributed by atoms with van der Waals surface area (Å²) in [6, 6.07) is 3.18. The molecule has 0 aromatic heterocycles. The van der Waals surface area contributed by atoms with E-state index in [2.05, 4.69) is 15.9 Å². The zero-order valence-corrected chi connectivity index (χ0v) is 14.7. The highest BCUT2D eigenvalue weighted by Gasteiger charge is 2.27. The van der Waals surface area contributed by atoms with Gasteiger partial charge in [-0.05, 0) is 53.7 Å². The molecule has 0 radical (unpaired) electrons. The summed E-state index contributed by atoms with van der Waals surface area (Å²) in [6.07, 6.45) is 1.96. The molecule has 0 fully saturated rings. The number of hydrogen-bond acceptors (Lipinski definition) is 4. The molecule has 0 spiro atoms. The normalized spacial score (nSPS) is 13.8. The van der Waals surface area contributed by atoms with Crippen molar-refractivity contribution in [3.8, 4) is 0 Å². The summed E-state index contributed by atoms with van der Waals surface area (Å²) in [5, 5.41) is 0. The molecule has 19 heavy (non-hydrogen) atoms. The minimum absolute atomic E-state index is 0.0655. The zero-order valence-electron chi connectivity index (χ0n) is 11.5. The molecule has 1 aromatic carbocycles. The third-order valence-electron chi connectivity index (χ3n) is 2.98. The molecule has 7 heteroatoms. The van der Waals surface area contributed by atoms with Gasteiger partial charge in [-0.3, -0.25) is 0 Å². The summed E-state index contributed by atoms with van der Waals surface area (Å²) in [5.41, 5.74) is 6.90. The van der Waals surface area contributed by atoms with Gasteiger partial charge in [-0.15, -0.1) is 0 Å². The molecule has 2 N–H and O–H groups in total. The van der Waals surface area contributed by atoms with E-state index in [0.29, 0.717) is 15.7 Å². The second-order valence-corrected chi connectivity index (χ2v) is 8.20. The number of anilines is 1. The summed E-state index contributed by atoms with van der Waals surface area (Å²) in [4.78, 5) is 0.267. The van der Waals surface area contributed by atoms with Crippen molar-refractivity contribution in [1.29, 1.82) is 0 Å². The van der Waals surface area contributed by atoms with Gasteiger partial charge in [0.25, 0.3) is 0 Å². The Labute approximate surface area is 127 Å². The molecular weight excluding hydrogens is 348 g/mol. The maximum Gasteiger partial charge on any atom is 0.243 e. The van der Waals surface area contributed by atoms with Gasteiger partial charge in [0, 0.05) is 29.0 Å². The van der Waals surface area contributed by atoms with Crippen molar-refractivity contribution in [3.05, 3.63) is 22.2 Å². The highest BCUT2D eigenvalue weighted by molar-refractivity contribution is 9.10. The predicted molar refractivity (Wildman–Crippen MR) is 86.1 cm³/mol. The Morgan fingerprint density at radius 1 is 1.47 bits per heavy atom. The number of hydrogen-bond donors (Lipinski definition) is 1. The Hall–Kier alpha value is -0.240. The molecule has 0 saturated heterocycles. The number of rotatable bonds is 5. The topological polar surface area (TPSA) is 63.4 Å². The quantitative estimate of drug-likeness (QED) is 0.813. The van der Waals surface area contributed by atoms with E-state index in [1.807, 2.05) is 13.2 Å². The standard InChI is InChI=1S/C12H19BrN2O2S2/c1-8-5-10(13)11(14)6-12(8)19(16,17)15(3)9(2)7-18-4/h5-6,9H,7,14H2,1-4H3. The first kappa shape index (κ1) is 16.8. The third kappa shape index (κ3) is 3.65. The van der Waals surface area contributed by atoms with Crippen LogP contribution in [0.15, 0.2) is 21.5 Å². The van der Waals surface area contributed by atoms with E-state index < -0.39 is 10.0 Å². The van der Waals surface area contributed by atoms with E-state index in [1.54, 1.807) is 31.8 Å². The molecule has 0 aliphatic carbocycles. The SMILES string of the molecule is CSCC(C)N(C)S(=O)(=O)c1cc(N)c(Br)cc1C. The molecule has 0 amide bonds. The second-order valence-electron chi connectivity index (χ2n) is 4.46. The van der Waals surface area contributed by atoms with Gasteiger partial charge in [0.2, 0.25) is 10.0 Å². The molecule has 0 aliphatic rings. The van der Waals surface area contributed by atoms with Gasteiger partial charge in [0.15, 0.2) is 0 Å². The van der Waals surface area contributed by atoms with E-state index in [0.717, 1.165) is 5.75 Å². The molecule has 1 aromatic rings. The smallest absolute Gasteiger partial charge is 0.243 e. The summed E-state index contributed by atoms with van der Waals surface area (Å²) >= 11 is 4.92. The van der Waals surface area contributed by atoms with Crippen LogP contribution in [0.5, 0.6) is 0 Å². The molecule has 108 valence electrons. The minimum Gasteiger partial charge on any atom is -0.398 e. The zero-order chi connectivity index (χ0) is 14.8. The molecule has 0 aliphatic heterocycles. The maximum atomic E-state index is 12.6. The monoisotopic (exact) mass is 366 g/mol. The fraction of sp³-hybridized carbons (Fsp3) is 0.500. The van der Waals surface area contributed by atoms with Gasteiger partial charge >= 0.3 is 0 Å². The number of aryl methyl sites for hydroxylation is 1. The Bertz CT molecular complexity index is 561. The number of sulfonamides is 1. The minimum atomic E-state index is -3.51.